The van der Waals surface area contributed by atoms with E-state index in [0.29, 0.717) is 11.9 Å². The first kappa shape index (κ1) is 11.9. The van der Waals surface area contributed by atoms with Crippen molar-refractivity contribution in [2.24, 2.45) is 0 Å². The highest BCUT2D eigenvalue weighted by atomic mass is 16.2. The average molecular weight is 224 g/mol. The number of likely N-dealkylation sites (tertiary alicyclic amines) is 1. The molecule has 1 aliphatic carbocycles. The molecule has 1 saturated carbocycles. The molecule has 1 N–H and O–H groups in total. The molecule has 0 aromatic carbocycles. The van der Waals surface area contributed by atoms with E-state index in [1.165, 1.54) is 44.9 Å². The van der Waals surface area contributed by atoms with Gasteiger partial charge in [-0.3, -0.25) is 4.79 Å². The van der Waals surface area contributed by atoms with Gasteiger partial charge in [0.25, 0.3) is 0 Å². The molecule has 2 aliphatic rings. The van der Waals surface area contributed by atoms with Crippen molar-refractivity contribution in [3.05, 3.63) is 0 Å². The molecule has 16 heavy (non-hydrogen) atoms. The maximum atomic E-state index is 12.1. The van der Waals surface area contributed by atoms with Crippen LogP contribution in [0.2, 0.25) is 0 Å². The first-order valence-corrected chi connectivity index (χ1v) is 6.82. The molecule has 3 heteroatoms. The first-order valence-electron chi connectivity index (χ1n) is 6.82. The molecule has 92 valence electrons. The second-order valence-corrected chi connectivity index (χ2v) is 5.26. The quantitative estimate of drug-likeness (QED) is 0.794. The van der Waals surface area contributed by atoms with Gasteiger partial charge < -0.3 is 10.2 Å². The lowest BCUT2D eigenvalue weighted by Gasteiger charge is -2.30. The van der Waals surface area contributed by atoms with Gasteiger partial charge in [-0.2, -0.15) is 0 Å². The fourth-order valence-corrected chi connectivity index (χ4v) is 2.91. The summed E-state index contributed by atoms with van der Waals surface area (Å²) in [5, 5.41) is 3.48. The van der Waals surface area contributed by atoms with Gasteiger partial charge in [0.15, 0.2) is 0 Å². The Morgan fingerprint density at radius 2 is 1.75 bits per heavy atom. The Morgan fingerprint density at radius 3 is 2.38 bits per heavy atom. The lowest BCUT2D eigenvalue weighted by molar-refractivity contribution is -0.134. The Kier molecular flexibility index (Phi) is 4.22. The van der Waals surface area contributed by atoms with E-state index >= 15 is 0 Å². The highest BCUT2D eigenvalue weighted by Crippen LogP contribution is 2.18. The van der Waals surface area contributed by atoms with E-state index in [9.17, 15) is 4.79 Å². The highest BCUT2D eigenvalue weighted by Gasteiger charge is 2.25. The molecule has 0 radical (unpaired) electrons. The van der Waals surface area contributed by atoms with Crippen molar-refractivity contribution >= 4 is 5.91 Å². The summed E-state index contributed by atoms with van der Waals surface area (Å²) in [6.07, 6.45) is 8.79. The molecule has 1 atom stereocenters. The number of rotatable bonds is 3. The molecule has 1 heterocycles. The van der Waals surface area contributed by atoms with Crippen LogP contribution >= 0.6 is 0 Å². The summed E-state index contributed by atoms with van der Waals surface area (Å²) in [5.41, 5.74) is 0. The van der Waals surface area contributed by atoms with Crippen LogP contribution in [0.4, 0.5) is 0 Å². The van der Waals surface area contributed by atoms with Crippen LogP contribution in [0, 0.1) is 0 Å². The third kappa shape index (κ3) is 2.97. The van der Waals surface area contributed by atoms with Crippen LogP contribution in [0.3, 0.4) is 0 Å². The van der Waals surface area contributed by atoms with E-state index in [1.54, 1.807) is 0 Å². The summed E-state index contributed by atoms with van der Waals surface area (Å²) in [7, 11) is 0. The minimum absolute atomic E-state index is 0.0150. The highest BCUT2D eigenvalue weighted by molar-refractivity contribution is 5.81. The molecule has 0 bridgehead atoms. The summed E-state index contributed by atoms with van der Waals surface area (Å²) in [4.78, 5) is 14.2. The number of carbonyl (C=O) groups excluding carboxylic acids is 1. The predicted molar refractivity (Wildman–Crippen MR) is 65.3 cm³/mol. The van der Waals surface area contributed by atoms with E-state index in [-0.39, 0.29) is 6.04 Å². The second kappa shape index (κ2) is 5.67. The molecule has 1 saturated heterocycles. The van der Waals surface area contributed by atoms with E-state index in [0.717, 1.165) is 13.1 Å². The Bertz CT molecular complexity index is 230. The molecule has 1 unspecified atom stereocenters. The number of hydrogen-bond acceptors (Lipinski definition) is 2. The second-order valence-electron chi connectivity index (χ2n) is 5.26. The molecule has 2 rings (SSSR count). The summed E-state index contributed by atoms with van der Waals surface area (Å²) < 4.78 is 0. The smallest absolute Gasteiger partial charge is 0.239 e. The van der Waals surface area contributed by atoms with Crippen LogP contribution in [-0.2, 0) is 4.79 Å². The van der Waals surface area contributed by atoms with Crippen molar-refractivity contribution in [1.82, 2.24) is 10.2 Å². The van der Waals surface area contributed by atoms with E-state index in [1.807, 2.05) is 11.8 Å². The van der Waals surface area contributed by atoms with Crippen LogP contribution in [0.1, 0.15) is 51.9 Å². The predicted octanol–water partition coefficient (Wildman–Crippen LogP) is 1.92. The van der Waals surface area contributed by atoms with Gasteiger partial charge in [-0.05, 0) is 39.0 Å². The van der Waals surface area contributed by atoms with Gasteiger partial charge in [0, 0.05) is 19.1 Å². The van der Waals surface area contributed by atoms with Crippen molar-refractivity contribution in [3.8, 4) is 0 Å². The first-order chi connectivity index (χ1) is 7.77. The van der Waals surface area contributed by atoms with Gasteiger partial charge in [0.1, 0.15) is 0 Å². The number of nitrogens with one attached hydrogen (secondary N) is 1. The number of piperidine rings is 1. The van der Waals surface area contributed by atoms with Gasteiger partial charge in [-0.1, -0.05) is 12.8 Å². The molecule has 0 aromatic rings. The maximum absolute atomic E-state index is 12.1. The maximum Gasteiger partial charge on any atom is 0.239 e. The summed E-state index contributed by atoms with van der Waals surface area (Å²) in [6, 6.07) is 0.602. The van der Waals surface area contributed by atoms with Crippen LogP contribution in [0.25, 0.3) is 0 Å². The summed E-state index contributed by atoms with van der Waals surface area (Å²) >= 11 is 0. The molecule has 1 aliphatic heterocycles. The Morgan fingerprint density at radius 1 is 1.12 bits per heavy atom. The molecular formula is C13H24N2O. The lowest BCUT2D eigenvalue weighted by atomic mass is 10.1. The molecule has 2 fully saturated rings. The summed E-state index contributed by atoms with van der Waals surface area (Å²) in [6.45, 7) is 3.96. The van der Waals surface area contributed by atoms with Crippen LogP contribution in [-0.4, -0.2) is 36.0 Å². The van der Waals surface area contributed by atoms with Crippen LogP contribution < -0.4 is 5.32 Å². The Hall–Kier alpha value is -0.570. The Balaban J connectivity index is 1.78. The Labute approximate surface area is 98.6 Å². The van der Waals surface area contributed by atoms with Crippen molar-refractivity contribution in [1.29, 1.82) is 0 Å². The van der Waals surface area contributed by atoms with Crippen LogP contribution in [0.15, 0.2) is 0 Å². The fraction of sp³-hybridized carbons (Fsp3) is 0.923. The average Bonchev–Trinajstić information content (AvgIpc) is 2.82. The molecular weight excluding hydrogens is 200 g/mol. The third-order valence-electron chi connectivity index (χ3n) is 3.88. The third-order valence-corrected chi connectivity index (χ3v) is 3.88. The van der Waals surface area contributed by atoms with E-state index in [2.05, 4.69) is 5.32 Å². The monoisotopic (exact) mass is 224 g/mol. The fourth-order valence-electron chi connectivity index (χ4n) is 2.91. The lowest BCUT2D eigenvalue weighted by Crippen LogP contribution is -2.49. The van der Waals surface area contributed by atoms with Crippen molar-refractivity contribution in [3.63, 3.8) is 0 Å². The molecule has 0 spiro atoms. The number of nitrogens with zero attached hydrogens (tertiary/aromatic N) is 1. The summed E-state index contributed by atoms with van der Waals surface area (Å²) in [5.74, 6) is 0.312. The SMILES string of the molecule is CC(NC1CCCC1)C(=O)N1CCCCC1. The van der Waals surface area contributed by atoms with E-state index < -0.39 is 0 Å². The van der Waals surface area contributed by atoms with E-state index in [4.69, 9.17) is 0 Å². The number of hydrogen-bond donors (Lipinski definition) is 1. The van der Waals surface area contributed by atoms with Crippen LogP contribution in [0.5, 0.6) is 0 Å². The van der Waals surface area contributed by atoms with Gasteiger partial charge in [0.05, 0.1) is 6.04 Å². The van der Waals surface area contributed by atoms with Gasteiger partial charge >= 0.3 is 0 Å². The zero-order chi connectivity index (χ0) is 11.4. The normalized spacial score (nSPS) is 24.7. The van der Waals surface area contributed by atoms with Crippen molar-refractivity contribution in [2.45, 2.75) is 64.0 Å². The molecule has 1 amide bonds. The number of amides is 1. The standard InChI is InChI=1S/C13H24N2O/c1-11(14-12-7-3-4-8-12)13(16)15-9-5-2-6-10-15/h11-12,14H,2-10H2,1H3. The molecule has 0 aromatic heterocycles. The van der Waals surface area contributed by atoms with Gasteiger partial charge in [-0.15, -0.1) is 0 Å². The largest absolute Gasteiger partial charge is 0.341 e. The van der Waals surface area contributed by atoms with Gasteiger partial charge in [0.2, 0.25) is 5.91 Å². The topological polar surface area (TPSA) is 32.3 Å². The zero-order valence-electron chi connectivity index (χ0n) is 10.4. The van der Waals surface area contributed by atoms with Gasteiger partial charge in [-0.25, -0.2) is 0 Å². The zero-order valence-corrected chi connectivity index (χ0v) is 10.4. The van der Waals surface area contributed by atoms with Crippen molar-refractivity contribution < 1.29 is 4.79 Å². The van der Waals surface area contributed by atoms with Crippen molar-refractivity contribution in [2.75, 3.05) is 13.1 Å². The molecule has 3 nitrogen and oxygen atoms in total. The minimum atomic E-state index is 0.0150. The number of carbonyl (C=O) groups is 1. The minimum Gasteiger partial charge on any atom is -0.341 e.